The Morgan fingerprint density at radius 2 is 2.29 bits per heavy atom. The highest BCUT2D eigenvalue weighted by atomic mass is 32.2. The van der Waals surface area contributed by atoms with Crippen LogP contribution in [0.2, 0.25) is 0 Å². The van der Waals surface area contributed by atoms with Gasteiger partial charge >= 0.3 is 0 Å². The Bertz CT molecular complexity index is 742. The number of aromatic nitrogens is 3. The first-order valence-corrected chi connectivity index (χ1v) is 9.05. The van der Waals surface area contributed by atoms with Crippen molar-refractivity contribution in [2.45, 2.75) is 50.9 Å². The lowest BCUT2D eigenvalue weighted by molar-refractivity contribution is -0.118. The van der Waals surface area contributed by atoms with Crippen LogP contribution in [-0.2, 0) is 24.2 Å². The molecule has 0 unspecified atom stereocenters. The van der Waals surface area contributed by atoms with Crippen molar-refractivity contribution in [2.24, 2.45) is 0 Å². The molecule has 6 nitrogen and oxygen atoms in total. The van der Waals surface area contributed by atoms with E-state index in [1.165, 1.54) is 17.3 Å². The van der Waals surface area contributed by atoms with Crippen molar-refractivity contribution in [3.8, 4) is 5.75 Å². The van der Waals surface area contributed by atoms with Gasteiger partial charge in [-0.2, -0.15) is 0 Å². The molecule has 1 aliphatic rings. The van der Waals surface area contributed by atoms with Gasteiger partial charge in [-0.1, -0.05) is 30.8 Å². The SMILES string of the molecule is CCc1nc(SCC(=O)NCc2ccc3c(c2)CC(C)(C)O3)n[nH]1. The van der Waals surface area contributed by atoms with Crippen LogP contribution in [0.4, 0.5) is 0 Å². The van der Waals surface area contributed by atoms with Gasteiger partial charge in [-0.3, -0.25) is 9.89 Å². The molecule has 3 rings (SSSR count). The van der Waals surface area contributed by atoms with Crippen molar-refractivity contribution in [2.75, 3.05) is 5.75 Å². The first kappa shape index (κ1) is 16.8. The monoisotopic (exact) mass is 346 g/mol. The maximum atomic E-state index is 12.0. The second-order valence-corrected chi connectivity index (χ2v) is 7.41. The Labute approximate surface area is 145 Å². The Morgan fingerprint density at radius 1 is 1.46 bits per heavy atom. The Balaban J connectivity index is 1.48. The second kappa shape index (κ2) is 6.84. The zero-order valence-electron chi connectivity index (χ0n) is 14.2. The van der Waals surface area contributed by atoms with Crippen molar-refractivity contribution >= 4 is 17.7 Å². The summed E-state index contributed by atoms with van der Waals surface area (Å²) in [6.07, 6.45) is 1.70. The molecule has 24 heavy (non-hydrogen) atoms. The number of hydrogen-bond acceptors (Lipinski definition) is 5. The molecule has 0 atom stereocenters. The first-order valence-electron chi connectivity index (χ1n) is 8.07. The van der Waals surface area contributed by atoms with Crippen LogP contribution in [0, 0.1) is 0 Å². The van der Waals surface area contributed by atoms with Crippen molar-refractivity contribution in [1.82, 2.24) is 20.5 Å². The van der Waals surface area contributed by atoms with Crippen LogP contribution in [-0.4, -0.2) is 32.4 Å². The molecule has 1 amide bonds. The molecule has 0 saturated heterocycles. The molecule has 7 heteroatoms. The smallest absolute Gasteiger partial charge is 0.230 e. The van der Waals surface area contributed by atoms with E-state index in [2.05, 4.69) is 40.4 Å². The van der Waals surface area contributed by atoms with E-state index in [1.807, 2.05) is 19.1 Å². The van der Waals surface area contributed by atoms with Gasteiger partial charge < -0.3 is 10.1 Å². The fraction of sp³-hybridized carbons (Fsp3) is 0.471. The predicted molar refractivity (Wildman–Crippen MR) is 93.2 cm³/mol. The summed E-state index contributed by atoms with van der Waals surface area (Å²) in [5.41, 5.74) is 2.14. The van der Waals surface area contributed by atoms with E-state index in [-0.39, 0.29) is 11.5 Å². The van der Waals surface area contributed by atoms with Crippen LogP contribution in [0.1, 0.15) is 37.7 Å². The van der Waals surface area contributed by atoms with Gasteiger partial charge in [-0.25, -0.2) is 4.98 Å². The first-order chi connectivity index (χ1) is 11.4. The van der Waals surface area contributed by atoms with E-state index >= 15 is 0 Å². The third-order valence-electron chi connectivity index (χ3n) is 3.80. The zero-order valence-corrected chi connectivity index (χ0v) is 15.0. The van der Waals surface area contributed by atoms with Crippen molar-refractivity contribution in [1.29, 1.82) is 0 Å². The average Bonchev–Trinajstić information content (AvgIpc) is 3.12. The number of H-pyrrole nitrogens is 1. The highest BCUT2D eigenvalue weighted by molar-refractivity contribution is 7.99. The summed E-state index contributed by atoms with van der Waals surface area (Å²) < 4.78 is 5.87. The maximum Gasteiger partial charge on any atom is 0.230 e. The Morgan fingerprint density at radius 3 is 3.04 bits per heavy atom. The predicted octanol–water partition coefficient (Wildman–Crippen LogP) is 2.49. The topological polar surface area (TPSA) is 79.9 Å². The molecule has 128 valence electrons. The second-order valence-electron chi connectivity index (χ2n) is 6.46. The summed E-state index contributed by atoms with van der Waals surface area (Å²) in [5, 5.41) is 10.5. The van der Waals surface area contributed by atoms with Gasteiger partial charge in [0.1, 0.15) is 17.2 Å². The fourth-order valence-electron chi connectivity index (χ4n) is 2.66. The molecular formula is C17H22N4O2S. The van der Waals surface area contributed by atoms with Gasteiger partial charge in [-0.15, -0.1) is 5.10 Å². The molecule has 0 aliphatic carbocycles. The zero-order chi connectivity index (χ0) is 17.2. The molecule has 0 bridgehead atoms. The molecule has 2 aromatic rings. The van der Waals surface area contributed by atoms with Crippen LogP contribution in [0.15, 0.2) is 23.4 Å². The lowest BCUT2D eigenvalue weighted by Gasteiger charge is -2.16. The molecule has 0 radical (unpaired) electrons. The minimum Gasteiger partial charge on any atom is -0.487 e. The lowest BCUT2D eigenvalue weighted by Crippen LogP contribution is -2.25. The molecular weight excluding hydrogens is 324 g/mol. The number of fused-ring (bicyclic) bond motifs is 1. The minimum atomic E-state index is -0.144. The normalized spacial score (nSPS) is 15.0. The number of rotatable bonds is 6. The number of ether oxygens (including phenoxy) is 1. The molecule has 0 saturated carbocycles. The van der Waals surface area contributed by atoms with Crippen LogP contribution in [0.25, 0.3) is 0 Å². The van der Waals surface area contributed by atoms with Crippen LogP contribution >= 0.6 is 11.8 Å². The molecule has 2 heterocycles. The van der Waals surface area contributed by atoms with Gasteiger partial charge in [0.05, 0.1) is 5.75 Å². The number of carbonyl (C=O) groups is 1. The summed E-state index contributed by atoms with van der Waals surface area (Å²) in [7, 11) is 0. The third kappa shape index (κ3) is 4.08. The number of thioether (sulfide) groups is 1. The maximum absolute atomic E-state index is 12.0. The largest absolute Gasteiger partial charge is 0.487 e. The number of nitrogens with one attached hydrogen (secondary N) is 2. The molecule has 1 aromatic carbocycles. The van der Waals surface area contributed by atoms with E-state index < -0.39 is 0 Å². The summed E-state index contributed by atoms with van der Waals surface area (Å²) in [4.78, 5) is 16.3. The highest BCUT2D eigenvalue weighted by Crippen LogP contribution is 2.35. The minimum absolute atomic E-state index is 0.0278. The number of benzene rings is 1. The Kier molecular flexibility index (Phi) is 4.80. The number of nitrogens with zero attached hydrogens (tertiary/aromatic N) is 2. The van der Waals surface area contributed by atoms with Crippen molar-refractivity contribution in [3.63, 3.8) is 0 Å². The van der Waals surface area contributed by atoms with E-state index in [9.17, 15) is 4.79 Å². The third-order valence-corrected chi connectivity index (χ3v) is 4.64. The van der Waals surface area contributed by atoms with E-state index in [4.69, 9.17) is 4.74 Å². The van der Waals surface area contributed by atoms with Crippen LogP contribution in [0.3, 0.4) is 0 Å². The molecule has 1 aromatic heterocycles. The van der Waals surface area contributed by atoms with Gasteiger partial charge in [0.15, 0.2) is 0 Å². The fourth-order valence-corrected chi connectivity index (χ4v) is 3.30. The molecule has 0 fully saturated rings. The van der Waals surface area contributed by atoms with Gasteiger partial charge in [0.25, 0.3) is 0 Å². The number of amides is 1. The van der Waals surface area contributed by atoms with E-state index in [0.717, 1.165) is 30.0 Å². The van der Waals surface area contributed by atoms with E-state index in [1.54, 1.807) is 0 Å². The molecule has 0 spiro atoms. The highest BCUT2D eigenvalue weighted by Gasteiger charge is 2.29. The van der Waals surface area contributed by atoms with Gasteiger partial charge in [0, 0.05) is 19.4 Å². The molecule has 2 N–H and O–H groups in total. The van der Waals surface area contributed by atoms with Crippen molar-refractivity contribution < 1.29 is 9.53 Å². The number of hydrogen-bond donors (Lipinski definition) is 2. The van der Waals surface area contributed by atoms with Gasteiger partial charge in [-0.05, 0) is 31.0 Å². The Hall–Kier alpha value is -2.02. The van der Waals surface area contributed by atoms with Crippen molar-refractivity contribution in [3.05, 3.63) is 35.2 Å². The number of aromatic amines is 1. The summed E-state index contributed by atoms with van der Waals surface area (Å²) in [5.74, 6) is 2.06. The molecule has 1 aliphatic heterocycles. The number of aryl methyl sites for hydroxylation is 1. The average molecular weight is 346 g/mol. The standard InChI is InChI=1S/C17H22N4O2S/c1-4-14-19-16(21-20-14)24-10-15(22)18-9-11-5-6-13-12(7-11)8-17(2,3)23-13/h5-7H,4,8-10H2,1-3H3,(H,18,22)(H,19,20,21). The number of carbonyl (C=O) groups excluding carboxylic acids is 1. The van der Waals surface area contributed by atoms with Gasteiger partial charge in [0.2, 0.25) is 11.1 Å². The summed E-state index contributed by atoms with van der Waals surface area (Å²) in [6, 6.07) is 6.09. The van der Waals surface area contributed by atoms with E-state index in [0.29, 0.717) is 17.5 Å². The van der Waals surface area contributed by atoms with Crippen LogP contribution < -0.4 is 10.1 Å². The lowest BCUT2D eigenvalue weighted by atomic mass is 10.0. The van der Waals surface area contributed by atoms with Crippen LogP contribution in [0.5, 0.6) is 5.75 Å². The summed E-state index contributed by atoms with van der Waals surface area (Å²) in [6.45, 7) is 6.68. The summed E-state index contributed by atoms with van der Waals surface area (Å²) >= 11 is 1.33. The quantitative estimate of drug-likeness (QED) is 0.786.